The van der Waals surface area contributed by atoms with Crippen molar-refractivity contribution in [3.63, 3.8) is 0 Å². The molecule has 0 aromatic heterocycles. The van der Waals surface area contributed by atoms with E-state index in [-0.39, 0.29) is 23.0 Å². The lowest BCUT2D eigenvalue weighted by atomic mass is 9.90. The number of phenolic OH excluding ortho intramolecular Hbond substituents is 1. The minimum absolute atomic E-state index is 0.0195. The van der Waals surface area contributed by atoms with Crippen molar-refractivity contribution in [1.29, 1.82) is 0 Å². The number of benzene rings is 1. The quantitative estimate of drug-likeness (QED) is 0.656. The Morgan fingerprint density at radius 2 is 2.25 bits per heavy atom. The van der Waals surface area contributed by atoms with Gasteiger partial charge in [0.15, 0.2) is 0 Å². The number of para-hydroxylation sites is 1. The third-order valence-corrected chi connectivity index (χ3v) is 4.93. The summed E-state index contributed by atoms with van der Waals surface area (Å²) < 4.78 is 0. The first kappa shape index (κ1) is 13.2. The van der Waals surface area contributed by atoms with E-state index in [1.165, 1.54) is 19.1 Å². The Bertz CT molecular complexity index is 555. The molecule has 2 saturated carbocycles. The summed E-state index contributed by atoms with van der Waals surface area (Å²) in [5.74, 6) is 0.840. The number of nitrogens with one attached hydrogen (secondary N) is 1. The fourth-order valence-electron chi connectivity index (χ4n) is 3.68. The molecule has 3 rings (SSSR count). The molecule has 4 nitrogen and oxygen atoms in total. The van der Waals surface area contributed by atoms with E-state index in [2.05, 4.69) is 17.5 Å². The van der Waals surface area contributed by atoms with E-state index < -0.39 is 0 Å². The number of carbonyl (C=O) groups is 1. The maximum atomic E-state index is 12.2. The van der Waals surface area contributed by atoms with Crippen molar-refractivity contribution in [3.05, 3.63) is 29.8 Å². The summed E-state index contributed by atoms with van der Waals surface area (Å²) in [7, 11) is 0. The van der Waals surface area contributed by atoms with Crippen LogP contribution in [0, 0.1) is 17.3 Å². The summed E-state index contributed by atoms with van der Waals surface area (Å²) >= 11 is 0. The highest BCUT2D eigenvalue weighted by molar-refractivity contribution is 5.87. The summed E-state index contributed by atoms with van der Waals surface area (Å²) in [6, 6.07) is 6.92. The molecule has 20 heavy (non-hydrogen) atoms. The van der Waals surface area contributed by atoms with Crippen LogP contribution < -0.4 is 5.43 Å². The Balaban J connectivity index is 1.60. The van der Waals surface area contributed by atoms with Crippen LogP contribution in [0.15, 0.2) is 29.4 Å². The summed E-state index contributed by atoms with van der Waals surface area (Å²) in [4.78, 5) is 12.2. The van der Waals surface area contributed by atoms with Gasteiger partial charge in [-0.05, 0) is 36.3 Å². The van der Waals surface area contributed by atoms with Gasteiger partial charge in [-0.3, -0.25) is 4.79 Å². The minimum Gasteiger partial charge on any atom is -0.507 e. The third-order valence-electron chi connectivity index (χ3n) is 4.93. The normalized spacial score (nSPS) is 31.9. The zero-order chi connectivity index (χ0) is 14.2. The smallest absolute Gasteiger partial charge is 0.244 e. The molecule has 0 unspecified atom stereocenters. The third kappa shape index (κ3) is 2.19. The van der Waals surface area contributed by atoms with Crippen molar-refractivity contribution in [2.24, 2.45) is 22.4 Å². The highest BCUT2D eigenvalue weighted by atomic mass is 16.3. The van der Waals surface area contributed by atoms with Gasteiger partial charge < -0.3 is 5.11 Å². The van der Waals surface area contributed by atoms with Crippen molar-refractivity contribution >= 4 is 12.1 Å². The van der Waals surface area contributed by atoms with Crippen molar-refractivity contribution < 1.29 is 9.90 Å². The van der Waals surface area contributed by atoms with Gasteiger partial charge in [-0.15, -0.1) is 0 Å². The SMILES string of the molecule is C[C@]12CCCC[C@@H]1[C@@H]2C(=O)N/N=C\c1ccccc1O. The topological polar surface area (TPSA) is 61.7 Å². The number of hydrogen-bond donors (Lipinski definition) is 2. The predicted molar refractivity (Wildman–Crippen MR) is 77.4 cm³/mol. The van der Waals surface area contributed by atoms with E-state index in [4.69, 9.17) is 0 Å². The van der Waals surface area contributed by atoms with Gasteiger partial charge in [-0.1, -0.05) is 31.9 Å². The van der Waals surface area contributed by atoms with Crippen molar-refractivity contribution in [1.82, 2.24) is 5.43 Å². The molecule has 0 radical (unpaired) electrons. The van der Waals surface area contributed by atoms with Crippen molar-refractivity contribution in [3.8, 4) is 5.75 Å². The first-order chi connectivity index (χ1) is 9.63. The van der Waals surface area contributed by atoms with Crippen LogP contribution in [-0.2, 0) is 4.79 Å². The van der Waals surface area contributed by atoms with Crippen molar-refractivity contribution in [2.45, 2.75) is 32.6 Å². The molecular formula is C16H20N2O2. The van der Waals surface area contributed by atoms with Gasteiger partial charge in [0.25, 0.3) is 0 Å². The zero-order valence-corrected chi connectivity index (χ0v) is 11.7. The Morgan fingerprint density at radius 3 is 2.95 bits per heavy atom. The van der Waals surface area contributed by atoms with E-state index >= 15 is 0 Å². The lowest BCUT2D eigenvalue weighted by molar-refractivity contribution is -0.123. The van der Waals surface area contributed by atoms with Crippen LogP contribution in [0.4, 0.5) is 0 Å². The van der Waals surface area contributed by atoms with E-state index in [0.717, 1.165) is 12.8 Å². The van der Waals surface area contributed by atoms with E-state index in [9.17, 15) is 9.90 Å². The first-order valence-corrected chi connectivity index (χ1v) is 7.24. The predicted octanol–water partition coefficient (Wildman–Crippen LogP) is 2.67. The summed E-state index contributed by atoms with van der Waals surface area (Å²) in [6.45, 7) is 2.22. The summed E-state index contributed by atoms with van der Waals surface area (Å²) in [6.07, 6.45) is 6.28. The van der Waals surface area contributed by atoms with E-state index in [1.807, 2.05) is 6.07 Å². The second-order valence-electron chi connectivity index (χ2n) is 6.13. The highest BCUT2D eigenvalue weighted by Gasteiger charge is 2.64. The molecule has 4 heteroatoms. The molecule has 2 N–H and O–H groups in total. The number of fused-ring (bicyclic) bond motifs is 1. The van der Waals surface area contributed by atoms with E-state index in [0.29, 0.717) is 11.5 Å². The average molecular weight is 272 g/mol. The number of aromatic hydroxyl groups is 1. The van der Waals surface area contributed by atoms with Gasteiger partial charge in [0.2, 0.25) is 5.91 Å². The summed E-state index contributed by atoms with van der Waals surface area (Å²) in [5, 5.41) is 13.6. The molecule has 0 bridgehead atoms. The fourth-order valence-corrected chi connectivity index (χ4v) is 3.68. The fraction of sp³-hybridized carbons (Fsp3) is 0.500. The molecule has 3 atom stereocenters. The standard InChI is InChI=1S/C16H20N2O2/c1-16-9-5-4-7-12(16)14(16)15(20)18-17-10-11-6-2-3-8-13(11)19/h2-3,6,8,10,12,14,19H,4-5,7,9H2,1H3,(H,18,20)/b17-10-/t12-,14-,16+/m1/s1. The van der Waals surface area contributed by atoms with Gasteiger partial charge in [0, 0.05) is 11.5 Å². The van der Waals surface area contributed by atoms with Crippen LogP contribution in [0.1, 0.15) is 38.2 Å². The monoisotopic (exact) mass is 272 g/mol. The van der Waals surface area contributed by atoms with Gasteiger partial charge in [0.05, 0.1) is 6.21 Å². The number of phenols is 1. The molecule has 2 aliphatic rings. The molecule has 0 spiro atoms. The van der Waals surface area contributed by atoms with Crippen LogP contribution in [-0.4, -0.2) is 17.2 Å². The number of carbonyl (C=O) groups excluding carboxylic acids is 1. The first-order valence-electron chi connectivity index (χ1n) is 7.24. The zero-order valence-electron chi connectivity index (χ0n) is 11.7. The summed E-state index contributed by atoms with van der Waals surface area (Å²) in [5.41, 5.74) is 3.43. The minimum atomic E-state index is 0.0195. The van der Waals surface area contributed by atoms with Gasteiger partial charge >= 0.3 is 0 Å². The molecule has 1 aromatic carbocycles. The molecule has 2 fully saturated rings. The molecular weight excluding hydrogens is 252 g/mol. The second kappa shape index (κ2) is 4.93. The van der Waals surface area contributed by atoms with Gasteiger partial charge in [0.1, 0.15) is 5.75 Å². The second-order valence-corrected chi connectivity index (χ2v) is 6.13. The maximum absolute atomic E-state index is 12.2. The largest absolute Gasteiger partial charge is 0.507 e. The van der Waals surface area contributed by atoms with Gasteiger partial charge in [-0.25, -0.2) is 5.43 Å². The van der Waals surface area contributed by atoms with Crippen LogP contribution >= 0.6 is 0 Å². The van der Waals surface area contributed by atoms with Crippen LogP contribution in [0.25, 0.3) is 0 Å². The number of hydrazone groups is 1. The molecule has 0 heterocycles. The Kier molecular flexibility index (Phi) is 3.24. The molecule has 1 aromatic rings. The lowest BCUT2D eigenvalue weighted by Gasteiger charge is -2.15. The average Bonchev–Trinajstić information content (AvgIpc) is 3.06. The maximum Gasteiger partial charge on any atom is 0.244 e. The lowest BCUT2D eigenvalue weighted by Crippen LogP contribution is -2.22. The van der Waals surface area contributed by atoms with E-state index in [1.54, 1.807) is 18.2 Å². The molecule has 106 valence electrons. The van der Waals surface area contributed by atoms with Crippen LogP contribution in [0.2, 0.25) is 0 Å². The highest BCUT2D eigenvalue weighted by Crippen LogP contribution is 2.66. The molecule has 0 saturated heterocycles. The van der Waals surface area contributed by atoms with Crippen molar-refractivity contribution in [2.75, 3.05) is 0 Å². The number of hydrogen-bond acceptors (Lipinski definition) is 3. The van der Waals surface area contributed by atoms with Gasteiger partial charge in [-0.2, -0.15) is 5.10 Å². The Labute approximate surface area is 118 Å². The number of nitrogens with zero attached hydrogens (tertiary/aromatic N) is 1. The molecule has 2 aliphatic carbocycles. The van der Waals surface area contributed by atoms with Crippen LogP contribution in [0.5, 0.6) is 5.75 Å². The molecule has 1 amide bonds. The Morgan fingerprint density at radius 1 is 1.45 bits per heavy atom. The van der Waals surface area contributed by atoms with Crippen LogP contribution in [0.3, 0.4) is 0 Å². The number of rotatable bonds is 3. The number of amides is 1. The Hall–Kier alpha value is -1.84. The molecule has 0 aliphatic heterocycles.